The maximum absolute atomic E-state index is 12.4. The molecule has 5 heteroatoms. The van der Waals surface area contributed by atoms with E-state index in [1.165, 1.54) is 36.7 Å². The lowest BCUT2D eigenvalue weighted by atomic mass is 10.1. The van der Waals surface area contributed by atoms with Crippen molar-refractivity contribution < 1.29 is 9.90 Å². The van der Waals surface area contributed by atoms with Crippen LogP contribution in [0.2, 0.25) is 0 Å². The van der Waals surface area contributed by atoms with E-state index in [1.54, 1.807) is 31.3 Å². The van der Waals surface area contributed by atoms with E-state index >= 15 is 0 Å². The van der Waals surface area contributed by atoms with Crippen LogP contribution in [0.3, 0.4) is 0 Å². The molecule has 1 aromatic carbocycles. The number of para-hydroxylation sites is 1. The van der Waals surface area contributed by atoms with E-state index in [-0.39, 0.29) is 11.3 Å². The summed E-state index contributed by atoms with van der Waals surface area (Å²) in [5.74, 6) is -0.745. The normalized spacial score (nSPS) is 11.0. The van der Waals surface area contributed by atoms with Gasteiger partial charge in [0.1, 0.15) is 11.3 Å². The fourth-order valence-corrected chi connectivity index (χ4v) is 3.06. The molecule has 1 heterocycles. The Balaban J connectivity index is 1.97. The van der Waals surface area contributed by atoms with Crippen molar-refractivity contribution in [2.45, 2.75) is 51.9 Å². The van der Waals surface area contributed by atoms with Gasteiger partial charge in [-0.05, 0) is 18.6 Å². The van der Waals surface area contributed by atoms with Gasteiger partial charge in [0, 0.05) is 19.0 Å². The number of hydrogen-bond acceptors (Lipinski definition) is 3. The Morgan fingerprint density at radius 2 is 1.72 bits per heavy atom. The molecular formula is C20H28N2O3. The van der Waals surface area contributed by atoms with Crippen molar-refractivity contribution in [3.63, 3.8) is 0 Å². The molecule has 0 radical (unpaired) electrons. The minimum Gasteiger partial charge on any atom is -0.506 e. The zero-order valence-corrected chi connectivity index (χ0v) is 15.2. The van der Waals surface area contributed by atoms with Gasteiger partial charge >= 0.3 is 0 Å². The molecule has 0 aliphatic carbocycles. The van der Waals surface area contributed by atoms with Crippen molar-refractivity contribution in [1.82, 2.24) is 9.88 Å². The maximum Gasteiger partial charge on any atom is 0.267 e. The molecule has 0 spiro atoms. The Hall–Kier alpha value is -2.30. The number of benzene rings is 1. The summed E-state index contributed by atoms with van der Waals surface area (Å²) in [5, 5.41) is 13.6. The van der Waals surface area contributed by atoms with Gasteiger partial charge in [-0.3, -0.25) is 9.59 Å². The van der Waals surface area contributed by atoms with Crippen LogP contribution in [0.5, 0.6) is 5.75 Å². The standard InChI is InChI=1S/C20H28N2O3/c1-3-4-5-6-7-8-11-14-21-19(24)17-18(23)15-12-9-10-13-16(15)22(2)20(17)25/h9-10,12-13,23H,3-8,11,14H2,1-2H3,(H,21,24). The van der Waals surface area contributed by atoms with Gasteiger partial charge in [-0.25, -0.2) is 0 Å². The molecule has 0 fully saturated rings. The van der Waals surface area contributed by atoms with E-state index in [9.17, 15) is 14.7 Å². The van der Waals surface area contributed by atoms with Gasteiger partial charge in [0.25, 0.3) is 11.5 Å². The van der Waals surface area contributed by atoms with E-state index in [4.69, 9.17) is 0 Å². The van der Waals surface area contributed by atoms with Crippen molar-refractivity contribution in [1.29, 1.82) is 0 Å². The van der Waals surface area contributed by atoms with E-state index < -0.39 is 11.5 Å². The number of carbonyl (C=O) groups is 1. The molecule has 0 aliphatic heterocycles. The highest BCUT2D eigenvalue weighted by Crippen LogP contribution is 2.25. The van der Waals surface area contributed by atoms with E-state index in [2.05, 4.69) is 12.2 Å². The number of hydrogen-bond donors (Lipinski definition) is 2. The number of aromatic nitrogens is 1. The summed E-state index contributed by atoms with van der Waals surface area (Å²) < 4.78 is 1.40. The van der Waals surface area contributed by atoms with Gasteiger partial charge in [0.05, 0.1) is 5.52 Å². The Kier molecular flexibility index (Phi) is 7.04. The van der Waals surface area contributed by atoms with Gasteiger partial charge in [-0.2, -0.15) is 0 Å². The number of nitrogens with one attached hydrogen (secondary N) is 1. The molecule has 1 amide bonds. The third-order valence-electron chi connectivity index (χ3n) is 4.57. The zero-order valence-electron chi connectivity index (χ0n) is 15.2. The summed E-state index contributed by atoms with van der Waals surface area (Å²) in [7, 11) is 1.61. The van der Waals surface area contributed by atoms with Crippen LogP contribution < -0.4 is 10.9 Å². The van der Waals surface area contributed by atoms with Gasteiger partial charge in [-0.15, -0.1) is 0 Å². The highest BCUT2D eigenvalue weighted by molar-refractivity contribution is 6.02. The van der Waals surface area contributed by atoms with Gasteiger partial charge in [0.15, 0.2) is 0 Å². The van der Waals surface area contributed by atoms with Crippen molar-refractivity contribution in [3.8, 4) is 5.75 Å². The molecule has 5 nitrogen and oxygen atoms in total. The first-order chi connectivity index (χ1) is 12.1. The molecule has 0 saturated carbocycles. The van der Waals surface area contributed by atoms with Crippen LogP contribution in [-0.2, 0) is 7.05 Å². The molecular weight excluding hydrogens is 316 g/mol. The Bertz CT molecular complexity index is 780. The highest BCUT2D eigenvalue weighted by Gasteiger charge is 2.20. The Morgan fingerprint density at radius 3 is 2.44 bits per heavy atom. The second-order valence-corrected chi connectivity index (χ2v) is 6.48. The summed E-state index contributed by atoms with van der Waals surface area (Å²) in [6.45, 7) is 2.71. The predicted molar refractivity (Wildman–Crippen MR) is 101 cm³/mol. The quantitative estimate of drug-likeness (QED) is 0.681. The first kappa shape index (κ1) is 19.0. The van der Waals surface area contributed by atoms with Crippen molar-refractivity contribution in [2.24, 2.45) is 7.05 Å². The van der Waals surface area contributed by atoms with Crippen LogP contribution in [0.1, 0.15) is 62.2 Å². The first-order valence-electron chi connectivity index (χ1n) is 9.16. The maximum atomic E-state index is 12.4. The lowest BCUT2D eigenvalue weighted by Crippen LogP contribution is -2.33. The second-order valence-electron chi connectivity index (χ2n) is 6.48. The third kappa shape index (κ3) is 4.62. The van der Waals surface area contributed by atoms with Crippen LogP contribution in [-0.4, -0.2) is 22.1 Å². The molecule has 0 atom stereocenters. The van der Waals surface area contributed by atoms with Crippen molar-refractivity contribution in [3.05, 3.63) is 40.2 Å². The van der Waals surface area contributed by atoms with E-state index in [0.717, 1.165) is 12.8 Å². The molecule has 2 N–H and O–H groups in total. The predicted octanol–water partition coefficient (Wildman–Crippen LogP) is 3.72. The van der Waals surface area contributed by atoms with Crippen molar-refractivity contribution in [2.75, 3.05) is 6.54 Å². The number of fused-ring (bicyclic) bond motifs is 1. The van der Waals surface area contributed by atoms with E-state index in [1.807, 2.05) is 0 Å². The largest absolute Gasteiger partial charge is 0.506 e. The average molecular weight is 344 g/mol. The fourth-order valence-electron chi connectivity index (χ4n) is 3.06. The van der Waals surface area contributed by atoms with Crippen molar-refractivity contribution >= 4 is 16.8 Å². The molecule has 136 valence electrons. The molecule has 0 unspecified atom stereocenters. The number of pyridine rings is 1. The third-order valence-corrected chi connectivity index (χ3v) is 4.57. The van der Waals surface area contributed by atoms with Crippen LogP contribution in [0.15, 0.2) is 29.1 Å². The first-order valence-corrected chi connectivity index (χ1v) is 9.16. The zero-order chi connectivity index (χ0) is 18.2. The van der Waals surface area contributed by atoms with Gasteiger partial charge in [-0.1, -0.05) is 57.6 Å². The molecule has 0 aliphatic rings. The summed E-state index contributed by atoms with van der Waals surface area (Å²) >= 11 is 0. The monoisotopic (exact) mass is 344 g/mol. The summed E-state index contributed by atoms with van der Waals surface area (Å²) in [4.78, 5) is 24.8. The number of nitrogens with zero attached hydrogens (tertiary/aromatic N) is 1. The average Bonchev–Trinajstić information content (AvgIpc) is 2.62. The number of carbonyl (C=O) groups excluding carboxylic acids is 1. The SMILES string of the molecule is CCCCCCCCCNC(=O)c1c(O)c2ccccc2n(C)c1=O. The molecule has 25 heavy (non-hydrogen) atoms. The lowest BCUT2D eigenvalue weighted by Gasteiger charge is -2.11. The number of rotatable bonds is 9. The molecule has 0 saturated heterocycles. The second kappa shape index (κ2) is 9.25. The van der Waals surface area contributed by atoms with Crippen LogP contribution in [0.25, 0.3) is 10.9 Å². The van der Waals surface area contributed by atoms with Crippen LogP contribution >= 0.6 is 0 Å². The number of aryl methyl sites for hydroxylation is 1. The van der Waals surface area contributed by atoms with Gasteiger partial charge in [0.2, 0.25) is 0 Å². The minimum atomic E-state index is -0.505. The number of amides is 1. The Labute approximate surface area is 148 Å². The summed E-state index contributed by atoms with van der Waals surface area (Å²) in [5.41, 5.74) is -0.0500. The van der Waals surface area contributed by atoms with E-state index in [0.29, 0.717) is 17.4 Å². The minimum absolute atomic E-state index is 0.177. The smallest absolute Gasteiger partial charge is 0.267 e. The molecule has 1 aromatic heterocycles. The highest BCUT2D eigenvalue weighted by atomic mass is 16.3. The topological polar surface area (TPSA) is 71.3 Å². The fraction of sp³-hybridized carbons (Fsp3) is 0.500. The van der Waals surface area contributed by atoms with Crippen LogP contribution in [0.4, 0.5) is 0 Å². The molecule has 2 aromatic rings. The summed E-state index contributed by atoms with van der Waals surface area (Å²) in [6.07, 6.45) is 8.12. The van der Waals surface area contributed by atoms with Gasteiger partial charge < -0.3 is 15.0 Å². The molecule has 0 bridgehead atoms. The Morgan fingerprint density at radius 1 is 1.08 bits per heavy atom. The number of unbranched alkanes of at least 4 members (excludes halogenated alkanes) is 6. The van der Waals surface area contributed by atoms with Crippen LogP contribution in [0, 0.1) is 0 Å². The molecule has 2 rings (SSSR count). The summed E-state index contributed by atoms with van der Waals surface area (Å²) in [6, 6.07) is 7.02. The lowest BCUT2D eigenvalue weighted by molar-refractivity contribution is 0.0948. The number of aromatic hydroxyl groups is 1.